The van der Waals surface area contributed by atoms with Gasteiger partial charge in [-0.05, 0) is 50.8 Å². The van der Waals surface area contributed by atoms with E-state index in [1.807, 2.05) is 0 Å². The van der Waals surface area contributed by atoms with Crippen molar-refractivity contribution in [3.63, 3.8) is 0 Å². The van der Waals surface area contributed by atoms with Crippen molar-refractivity contribution in [2.24, 2.45) is 11.3 Å². The zero-order valence-electron chi connectivity index (χ0n) is 24.0. The Morgan fingerprint density at radius 1 is 0.976 bits per heavy atom. The van der Waals surface area contributed by atoms with Gasteiger partial charge in [0.2, 0.25) is 17.7 Å². The number of hydrogen-bond donors (Lipinski definition) is 4. The maximum atomic E-state index is 12.8. The van der Waals surface area contributed by atoms with Gasteiger partial charge in [-0.3, -0.25) is 38.2 Å². The van der Waals surface area contributed by atoms with E-state index in [4.69, 9.17) is 4.74 Å². The van der Waals surface area contributed by atoms with Crippen molar-refractivity contribution in [2.45, 2.75) is 58.9 Å². The van der Waals surface area contributed by atoms with Gasteiger partial charge in [-0.2, -0.15) is 8.42 Å². The summed E-state index contributed by atoms with van der Waals surface area (Å²) in [5.41, 5.74) is 0.477. The number of anilines is 1. The predicted octanol–water partition coefficient (Wildman–Crippen LogP) is 0.543. The van der Waals surface area contributed by atoms with Crippen molar-refractivity contribution >= 4 is 51.3 Å². The molecule has 0 radical (unpaired) electrons. The van der Waals surface area contributed by atoms with E-state index < -0.39 is 81.8 Å². The lowest BCUT2D eigenvalue weighted by molar-refractivity contribution is -0.154. The van der Waals surface area contributed by atoms with Crippen molar-refractivity contribution in [1.29, 1.82) is 0 Å². The van der Waals surface area contributed by atoms with Crippen LogP contribution in [0.15, 0.2) is 36.4 Å². The highest BCUT2D eigenvalue weighted by Gasteiger charge is 2.36. The summed E-state index contributed by atoms with van der Waals surface area (Å²) in [6.07, 6.45) is 1.38. The van der Waals surface area contributed by atoms with Gasteiger partial charge in [0.05, 0.1) is 12.0 Å². The number of imide groups is 1. The third-order valence-corrected chi connectivity index (χ3v) is 7.23. The normalized spacial score (nSPS) is 14.9. The van der Waals surface area contributed by atoms with E-state index in [9.17, 15) is 41.7 Å². The second kappa shape index (κ2) is 14.2. The summed E-state index contributed by atoms with van der Waals surface area (Å²) < 4.78 is 38.6. The number of esters is 1. The standard InChI is InChI=1S/C27H36N4O10S/c1-16(2)23(30-24(35)19(42(38,39)40)12-13-31-21(33)10-11-22(31)34)25(36)28-14-20(32)29-18-8-6-17(7-9-18)15-41-26(37)27(3,4)5/h6-11,16,19,23H,12-15H2,1-5H3,(H,28,36)(H,29,32)(H,30,35)(H,38,39,40). The highest BCUT2D eigenvalue weighted by atomic mass is 32.2. The molecule has 230 valence electrons. The molecule has 0 aliphatic carbocycles. The number of amides is 5. The highest BCUT2D eigenvalue weighted by Crippen LogP contribution is 2.17. The minimum atomic E-state index is -4.97. The lowest BCUT2D eigenvalue weighted by Crippen LogP contribution is -2.54. The van der Waals surface area contributed by atoms with E-state index in [0.717, 1.165) is 12.2 Å². The third kappa shape index (κ3) is 10.1. The molecular weight excluding hydrogens is 572 g/mol. The Hall–Kier alpha value is -4.11. The quantitative estimate of drug-likeness (QED) is 0.139. The molecule has 2 atom stereocenters. The summed E-state index contributed by atoms with van der Waals surface area (Å²) in [5, 5.41) is 5.17. The lowest BCUT2D eigenvalue weighted by atomic mass is 9.97. The summed E-state index contributed by atoms with van der Waals surface area (Å²) in [7, 11) is -4.97. The van der Waals surface area contributed by atoms with Crippen LogP contribution in [0.2, 0.25) is 0 Å². The van der Waals surface area contributed by atoms with Crippen LogP contribution in [0.1, 0.15) is 46.6 Å². The molecule has 0 saturated heterocycles. The Morgan fingerprint density at radius 2 is 1.55 bits per heavy atom. The van der Waals surface area contributed by atoms with Crippen LogP contribution in [0, 0.1) is 11.3 Å². The molecule has 1 heterocycles. The molecule has 0 spiro atoms. The van der Waals surface area contributed by atoms with Gasteiger partial charge in [-0.15, -0.1) is 0 Å². The van der Waals surface area contributed by atoms with Gasteiger partial charge < -0.3 is 20.7 Å². The number of benzene rings is 1. The average Bonchev–Trinajstić information content (AvgIpc) is 3.20. The van der Waals surface area contributed by atoms with Gasteiger partial charge in [0.1, 0.15) is 12.6 Å². The zero-order valence-corrected chi connectivity index (χ0v) is 24.8. The van der Waals surface area contributed by atoms with Gasteiger partial charge in [0, 0.05) is 24.4 Å². The molecule has 0 aromatic heterocycles. The summed E-state index contributed by atoms with van der Waals surface area (Å²) in [4.78, 5) is 74.0. The third-order valence-electron chi connectivity index (χ3n) is 6.06. The summed E-state index contributed by atoms with van der Waals surface area (Å²) in [5.74, 6) is -4.87. The van der Waals surface area contributed by atoms with E-state index in [-0.39, 0.29) is 12.6 Å². The Balaban J connectivity index is 1.93. The molecule has 14 nitrogen and oxygen atoms in total. The minimum absolute atomic E-state index is 0.0624. The number of hydrogen-bond acceptors (Lipinski definition) is 9. The van der Waals surface area contributed by atoms with Crippen molar-refractivity contribution < 1.29 is 46.5 Å². The van der Waals surface area contributed by atoms with Gasteiger partial charge in [0.25, 0.3) is 21.9 Å². The summed E-state index contributed by atoms with van der Waals surface area (Å²) in [6, 6.07) is 5.22. The number of carbonyl (C=O) groups is 6. The summed E-state index contributed by atoms with van der Waals surface area (Å²) >= 11 is 0. The topological polar surface area (TPSA) is 205 Å². The molecular formula is C27H36N4O10S. The van der Waals surface area contributed by atoms with Crippen LogP contribution in [0.25, 0.3) is 0 Å². The molecule has 0 saturated carbocycles. The van der Waals surface area contributed by atoms with Crippen LogP contribution < -0.4 is 16.0 Å². The molecule has 2 rings (SSSR count). The van der Waals surface area contributed by atoms with Crippen LogP contribution in [0.3, 0.4) is 0 Å². The number of carbonyl (C=O) groups excluding carboxylic acids is 6. The Morgan fingerprint density at radius 3 is 2.05 bits per heavy atom. The molecule has 2 unspecified atom stereocenters. The number of ether oxygens (including phenoxy) is 1. The van der Waals surface area contributed by atoms with Gasteiger partial charge in [-0.25, -0.2) is 0 Å². The molecule has 42 heavy (non-hydrogen) atoms. The lowest BCUT2D eigenvalue weighted by Gasteiger charge is -2.24. The molecule has 15 heteroatoms. The largest absolute Gasteiger partial charge is 0.460 e. The molecule has 4 N–H and O–H groups in total. The minimum Gasteiger partial charge on any atom is -0.460 e. The van der Waals surface area contributed by atoms with E-state index in [1.165, 1.54) is 0 Å². The maximum absolute atomic E-state index is 12.8. The highest BCUT2D eigenvalue weighted by molar-refractivity contribution is 7.87. The van der Waals surface area contributed by atoms with E-state index in [2.05, 4.69) is 16.0 Å². The molecule has 0 fully saturated rings. The van der Waals surface area contributed by atoms with Crippen molar-refractivity contribution in [1.82, 2.24) is 15.5 Å². The first kappa shape index (κ1) is 34.1. The first-order valence-electron chi connectivity index (χ1n) is 13.0. The first-order chi connectivity index (χ1) is 19.4. The fourth-order valence-corrected chi connectivity index (χ4v) is 4.37. The van der Waals surface area contributed by atoms with Crippen LogP contribution in [-0.2, 0) is 50.2 Å². The smallest absolute Gasteiger partial charge is 0.311 e. The first-order valence-corrected chi connectivity index (χ1v) is 14.5. The van der Waals surface area contributed by atoms with Crippen molar-refractivity contribution in [2.75, 3.05) is 18.4 Å². The van der Waals surface area contributed by atoms with E-state index in [1.54, 1.807) is 58.9 Å². The molecule has 1 aromatic carbocycles. The van der Waals surface area contributed by atoms with E-state index >= 15 is 0 Å². The molecule has 5 amide bonds. The number of rotatable bonds is 13. The van der Waals surface area contributed by atoms with Gasteiger partial charge in [-0.1, -0.05) is 26.0 Å². The number of nitrogens with zero attached hydrogens (tertiary/aromatic N) is 1. The van der Waals surface area contributed by atoms with Crippen LogP contribution in [-0.4, -0.2) is 77.8 Å². The van der Waals surface area contributed by atoms with Crippen LogP contribution in [0.5, 0.6) is 0 Å². The second-order valence-electron chi connectivity index (χ2n) is 11.0. The van der Waals surface area contributed by atoms with E-state index in [0.29, 0.717) is 16.2 Å². The molecule has 1 aromatic rings. The molecule has 0 bridgehead atoms. The Bertz CT molecular complexity index is 1330. The fourth-order valence-electron chi connectivity index (χ4n) is 3.63. The Kier molecular flexibility index (Phi) is 11.5. The van der Waals surface area contributed by atoms with Crippen LogP contribution in [0.4, 0.5) is 5.69 Å². The average molecular weight is 609 g/mol. The van der Waals surface area contributed by atoms with Gasteiger partial charge >= 0.3 is 5.97 Å². The van der Waals surface area contributed by atoms with Crippen LogP contribution >= 0.6 is 0 Å². The molecule has 1 aliphatic rings. The zero-order chi connectivity index (χ0) is 31.8. The van der Waals surface area contributed by atoms with Crippen molar-refractivity contribution in [3.8, 4) is 0 Å². The monoisotopic (exact) mass is 608 g/mol. The molecule has 1 aliphatic heterocycles. The number of nitrogens with one attached hydrogen (secondary N) is 3. The van der Waals surface area contributed by atoms with Crippen molar-refractivity contribution in [3.05, 3.63) is 42.0 Å². The van der Waals surface area contributed by atoms with Gasteiger partial charge in [0.15, 0.2) is 5.25 Å². The summed E-state index contributed by atoms with van der Waals surface area (Å²) in [6.45, 7) is 7.49. The SMILES string of the molecule is CC(C)C(NC(=O)C(CCN1C(=O)C=CC1=O)S(=O)(=O)O)C(=O)NCC(=O)Nc1ccc(COC(=O)C(C)(C)C)cc1. The Labute approximate surface area is 244 Å². The second-order valence-corrected chi connectivity index (χ2v) is 12.6. The predicted molar refractivity (Wildman–Crippen MR) is 150 cm³/mol. The fraction of sp³-hybridized carbons (Fsp3) is 0.481. The maximum Gasteiger partial charge on any atom is 0.311 e.